The van der Waals surface area contributed by atoms with Crippen molar-refractivity contribution in [2.45, 2.75) is 32.6 Å². The smallest absolute Gasteiger partial charge is 0.220 e. The lowest BCUT2D eigenvalue weighted by Gasteiger charge is -2.17. The highest BCUT2D eigenvalue weighted by molar-refractivity contribution is 5.76. The number of hydrogen-bond donors (Lipinski definition) is 1. The van der Waals surface area contributed by atoms with Crippen molar-refractivity contribution in [2.75, 3.05) is 31.1 Å². The van der Waals surface area contributed by atoms with Crippen molar-refractivity contribution in [1.29, 1.82) is 0 Å². The van der Waals surface area contributed by atoms with Gasteiger partial charge in [0.2, 0.25) is 11.8 Å². The summed E-state index contributed by atoms with van der Waals surface area (Å²) in [5, 5.41) is 2.89. The SMILES string of the molecule is Cc1nc(OCCNC(=O)CCc2ccccc2)cc(N2CCCC2)n1. The Labute approximate surface area is 154 Å². The molecule has 3 rings (SSSR count). The quantitative estimate of drug-likeness (QED) is 0.738. The number of hydrogen-bond acceptors (Lipinski definition) is 5. The molecule has 6 nitrogen and oxygen atoms in total. The van der Waals surface area contributed by atoms with Crippen LogP contribution in [0.1, 0.15) is 30.7 Å². The molecule has 0 atom stereocenters. The molecule has 2 aromatic rings. The molecule has 2 heterocycles. The van der Waals surface area contributed by atoms with Crippen LogP contribution in [0.2, 0.25) is 0 Å². The predicted octanol–water partition coefficient (Wildman–Crippen LogP) is 2.51. The fourth-order valence-electron chi connectivity index (χ4n) is 3.04. The molecule has 1 N–H and O–H groups in total. The first-order valence-corrected chi connectivity index (χ1v) is 9.25. The van der Waals surface area contributed by atoms with Crippen molar-refractivity contribution < 1.29 is 9.53 Å². The molecule has 138 valence electrons. The first kappa shape index (κ1) is 18.2. The second-order valence-corrected chi connectivity index (χ2v) is 6.49. The zero-order chi connectivity index (χ0) is 18.2. The van der Waals surface area contributed by atoms with E-state index in [0.717, 1.165) is 25.3 Å². The Morgan fingerprint density at radius 2 is 1.96 bits per heavy atom. The number of benzene rings is 1. The molecule has 0 spiro atoms. The highest BCUT2D eigenvalue weighted by atomic mass is 16.5. The van der Waals surface area contributed by atoms with Gasteiger partial charge < -0.3 is 15.0 Å². The summed E-state index contributed by atoms with van der Waals surface area (Å²) >= 11 is 0. The Hall–Kier alpha value is -2.63. The molecule has 26 heavy (non-hydrogen) atoms. The fraction of sp³-hybridized carbons (Fsp3) is 0.450. The molecule has 0 aliphatic carbocycles. The highest BCUT2D eigenvalue weighted by Crippen LogP contribution is 2.21. The first-order chi connectivity index (χ1) is 12.7. The van der Waals surface area contributed by atoms with Gasteiger partial charge in [0.25, 0.3) is 0 Å². The van der Waals surface area contributed by atoms with Crippen LogP contribution in [0.25, 0.3) is 0 Å². The van der Waals surface area contributed by atoms with E-state index >= 15 is 0 Å². The molecule has 1 saturated heterocycles. The van der Waals surface area contributed by atoms with Crippen LogP contribution in [0.5, 0.6) is 5.88 Å². The number of aryl methyl sites for hydroxylation is 2. The van der Waals surface area contributed by atoms with Crippen molar-refractivity contribution in [2.24, 2.45) is 0 Å². The third kappa shape index (κ3) is 5.44. The van der Waals surface area contributed by atoms with Gasteiger partial charge in [0.15, 0.2) is 0 Å². The van der Waals surface area contributed by atoms with Gasteiger partial charge in [-0.1, -0.05) is 30.3 Å². The standard InChI is InChI=1S/C20H26N4O2/c1-16-22-18(24-12-5-6-13-24)15-20(23-16)26-14-11-21-19(25)10-9-17-7-3-2-4-8-17/h2-4,7-8,15H,5-6,9-14H2,1H3,(H,21,25). The van der Waals surface area contributed by atoms with Crippen LogP contribution in [0, 0.1) is 6.92 Å². The molecule has 1 aliphatic heterocycles. The maximum absolute atomic E-state index is 11.9. The van der Waals surface area contributed by atoms with Gasteiger partial charge in [0, 0.05) is 25.6 Å². The Balaban J connectivity index is 1.39. The van der Waals surface area contributed by atoms with Gasteiger partial charge in [-0.3, -0.25) is 4.79 Å². The summed E-state index contributed by atoms with van der Waals surface area (Å²) in [6, 6.07) is 11.9. The van der Waals surface area contributed by atoms with Gasteiger partial charge in [0.1, 0.15) is 18.2 Å². The molecule has 1 aromatic carbocycles. The molecule has 1 fully saturated rings. The van der Waals surface area contributed by atoms with Crippen LogP contribution in [-0.4, -0.2) is 42.1 Å². The fourth-order valence-corrected chi connectivity index (χ4v) is 3.04. The summed E-state index contributed by atoms with van der Waals surface area (Å²) < 4.78 is 5.71. The maximum atomic E-state index is 11.9. The van der Waals surface area contributed by atoms with Gasteiger partial charge >= 0.3 is 0 Å². The monoisotopic (exact) mass is 354 g/mol. The van der Waals surface area contributed by atoms with Crippen LogP contribution in [0.3, 0.4) is 0 Å². The van der Waals surface area contributed by atoms with Gasteiger partial charge in [-0.15, -0.1) is 0 Å². The van der Waals surface area contributed by atoms with E-state index in [-0.39, 0.29) is 5.91 Å². The van der Waals surface area contributed by atoms with Crippen molar-refractivity contribution in [3.63, 3.8) is 0 Å². The number of amides is 1. The maximum Gasteiger partial charge on any atom is 0.220 e. The Morgan fingerprint density at radius 1 is 1.19 bits per heavy atom. The topological polar surface area (TPSA) is 67.3 Å². The lowest BCUT2D eigenvalue weighted by atomic mass is 10.1. The number of nitrogens with zero attached hydrogens (tertiary/aromatic N) is 3. The van der Waals surface area contributed by atoms with E-state index in [1.165, 1.54) is 18.4 Å². The number of carbonyl (C=O) groups excluding carboxylic acids is 1. The number of nitrogens with one attached hydrogen (secondary N) is 1. The Bertz CT molecular complexity index is 715. The summed E-state index contributed by atoms with van der Waals surface area (Å²) in [4.78, 5) is 23.0. The molecule has 0 unspecified atom stereocenters. The van der Waals surface area contributed by atoms with Crippen molar-refractivity contribution in [3.8, 4) is 5.88 Å². The molecule has 1 aromatic heterocycles. The van der Waals surface area contributed by atoms with E-state index in [0.29, 0.717) is 31.3 Å². The zero-order valence-corrected chi connectivity index (χ0v) is 15.3. The number of aromatic nitrogens is 2. The summed E-state index contributed by atoms with van der Waals surface area (Å²) in [7, 11) is 0. The lowest BCUT2D eigenvalue weighted by molar-refractivity contribution is -0.121. The van der Waals surface area contributed by atoms with Crippen LogP contribution in [0.15, 0.2) is 36.4 Å². The van der Waals surface area contributed by atoms with Gasteiger partial charge in [-0.2, -0.15) is 4.98 Å². The predicted molar refractivity (Wildman–Crippen MR) is 101 cm³/mol. The molecule has 6 heteroatoms. The largest absolute Gasteiger partial charge is 0.476 e. The van der Waals surface area contributed by atoms with Crippen LogP contribution in [0.4, 0.5) is 5.82 Å². The first-order valence-electron chi connectivity index (χ1n) is 9.25. The lowest BCUT2D eigenvalue weighted by Crippen LogP contribution is -2.28. The summed E-state index contributed by atoms with van der Waals surface area (Å²) in [6.45, 7) is 4.81. The summed E-state index contributed by atoms with van der Waals surface area (Å²) in [5.74, 6) is 2.24. The molecule has 1 amide bonds. The van der Waals surface area contributed by atoms with E-state index in [4.69, 9.17) is 4.74 Å². The Morgan fingerprint density at radius 3 is 2.73 bits per heavy atom. The molecule has 0 radical (unpaired) electrons. The zero-order valence-electron chi connectivity index (χ0n) is 15.3. The average molecular weight is 354 g/mol. The number of ether oxygens (including phenoxy) is 1. The van der Waals surface area contributed by atoms with Gasteiger partial charge in [-0.05, 0) is 31.7 Å². The minimum atomic E-state index is 0.0362. The van der Waals surface area contributed by atoms with E-state index in [2.05, 4.69) is 20.2 Å². The molecule has 0 saturated carbocycles. The van der Waals surface area contributed by atoms with Gasteiger partial charge in [-0.25, -0.2) is 4.98 Å². The number of carbonyl (C=O) groups is 1. The van der Waals surface area contributed by atoms with Crippen LogP contribution >= 0.6 is 0 Å². The molecular weight excluding hydrogens is 328 g/mol. The summed E-state index contributed by atoms with van der Waals surface area (Å²) in [5.41, 5.74) is 1.17. The summed E-state index contributed by atoms with van der Waals surface area (Å²) in [6.07, 6.45) is 3.63. The van der Waals surface area contributed by atoms with Crippen LogP contribution in [-0.2, 0) is 11.2 Å². The molecule has 0 bridgehead atoms. The van der Waals surface area contributed by atoms with Crippen LogP contribution < -0.4 is 15.0 Å². The Kier molecular flexibility index (Phi) is 6.41. The third-order valence-corrected chi connectivity index (χ3v) is 4.39. The number of rotatable bonds is 8. The average Bonchev–Trinajstić information content (AvgIpc) is 3.19. The normalized spacial score (nSPS) is 13.7. The van der Waals surface area contributed by atoms with Crippen molar-refractivity contribution in [3.05, 3.63) is 47.8 Å². The highest BCUT2D eigenvalue weighted by Gasteiger charge is 2.15. The minimum Gasteiger partial charge on any atom is -0.476 e. The van der Waals surface area contributed by atoms with Crippen molar-refractivity contribution in [1.82, 2.24) is 15.3 Å². The molecule has 1 aliphatic rings. The number of anilines is 1. The van der Waals surface area contributed by atoms with E-state index < -0.39 is 0 Å². The van der Waals surface area contributed by atoms with E-state index in [1.54, 1.807) is 0 Å². The van der Waals surface area contributed by atoms with E-state index in [1.807, 2.05) is 43.3 Å². The third-order valence-electron chi connectivity index (χ3n) is 4.39. The molecular formula is C20H26N4O2. The van der Waals surface area contributed by atoms with Crippen molar-refractivity contribution >= 4 is 11.7 Å². The van der Waals surface area contributed by atoms with Gasteiger partial charge in [0.05, 0.1) is 6.54 Å². The minimum absolute atomic E-state index is 0.0362. The second-order valence-electron chi connectivity index (χ2n) is 6.49. The second kappa shape index (κ2) is 9.17. The van der Waals surface area contributed by atoms with E-state index in [9.17, 15) is 4.79 Å².